The minimum atomic E-state index is -1.74. The van der Waals surface area contributed by atoms with Gasteiger partial charge < -0.3 is 0 Å². The third kappa shape index (κ3) is 5.00. The molecular weight excluding hydrogens is 343 g/mol. The Morgan fingerprint density at radius 3 is 1.42 bits per heavy atom. The molecule has 0 radical (unpaired) electrons. The van der Waals surface area contributed by atoms with Crippen LogP contribution in [0.1, 0.15) is 93.9 Å². The van der Waals surface area contributed by atoms with Crippen molar-refractivity contribution in [3.05, 3.63) is 0 Å². The number of carbonyl (C=O) groups excluding carboxylic acids is 1. The summed E-state index contributed by atoms with van der Waals surface area (Å²) in [7, 11) is 0. The van der Waals surface area contributed by atoms with E-state index in [4.69, 9.17) is 0 Å². The molecule has 2 saturated carbocycles. The molecule has 3 heteroatoms. The first kappa shape index (κ1) is 20.3. The van der Waals surface area contributed by atoms with Crippen molar-refractivity contribution < 1.29 is 22.2 Å². The summed E-state index contributed by atoms with van der Waals surface area (Å²) in [5.74, 6) is -0.0144. The second-order valence-electron chi connectivity index (χ2n) is 11.6. The summed E-state index contributed by atoms with van der Waals surface area (Å²) in [5.41, 5.74) is 0.705. The second kappa shape index (κ2) is 6.30. The minimum absolute atomic E-state index is 0.0144. The molecule has 2 aliphatic carbocycles. The van der Waals surface area contributed by atoms with E-state index in [0.29, 0.717) is 0 Å². The fourth-order valence-electron chi connectivity index (χ4n) is 6.05. The molecule has 2 aliphatic rings. The molecule has 0 saturated heterocycles. The Bertz CT molecular complexity index is 448. The third-order valence-corrected chi connectivity index (χ3v) is 7.88. The summed E-state index contributed by atoms with van der Waals surface area (Å²) < 4.78 is 13.3. The maximum absolute atomic E-state index is 13.2. The van der Waals surface area contributed by atoms with Crippen LogP contribution < -0.4 is 0 Å². The van der Waals surface area contributed by atoms with E-state index >= 15 is 0 Å². The molecule has 2 rings (SSSR count). The Morgan fingerprint density at radius 1 is 0.708 bits per heavy atom. The quantitative estimate of drug-likeness (QED) is 0.570. The molecule has 0 aromatic carbocycles. The third-order valence-electron chi connectivity index (χ3n) is 5.75. The predicted molar refractivity (Wildman–Crippen MR) is 95.8 cm³/mol. The van der Waals surface area contributed by atoms with Gasteiger partial charge in [0, 0.05) is 0 Å². The molecule has 0 aliphatic heterocycles. The monoisotopic (exact) mass is 381 g/mol. The molecule has 24 heavy (non-hydrogen) atoms. The summed E-state index contributed by atoms with van der Waals surface area (Å²) in [6.07, 6.45) is 5.94. The van der Waals surface area contributed by atoms with E-state index in [1.54, 1.807) is 0 Å². The molecule has 2 nitrogen and oxygen atoms in total. The number of carbonyl (C=O) groups is 1. The normalized spacial score (nSPS) is 29.9. The Kier molecular flexibility index (Phi) is 5.32. The van der Waals surface area contributed by atoms with Gasteiger partial charge in [-0.05, 0) is 0 Å². The van der Waals surface area contributed by atoms with Crippen molar-refractivity contribution >= 4 is 4.72 Å². The van der Waals surface area contributed by atoms with Crippen LogP contribution in [0.15, 0.2) is 0 Å². The van der Waals surface area contributed by atoms with Crippen LogP contribution in [0, 0.1) is 27.6 Å². The van der Waals surface area contributed by atoms with Crippen LogP contribution in [0.5, 0.6) is 0 Å². The fraction of sp³-hybridized carbons (Fsp3) is 0.952. The van der Waals surface area contributed by atoms with Crippen molar-refractivity contribution in [3.8, 4) is 0 Å². The van der Waals surface area contributed by atoms with Crippen LogP contribution in [-0.4, -0.2) is 4.72 Å². The summed E-state index contributed by atoms with van der Waals surface area (Å²) in [5, 5.41) is 0. The van der Waals surface area contributed by atoms with Crippen molar-refractivity contribution in [1.29, 1.82) is 0 Å². The van der Waals surface area contributed by atoms with Crippen LogP contribution in [-0.2, 0) is 22.2 Å². The molecule has 143 valence electrons. The zero-order valence-electron chi connectivity index (χ0n) is 17.0. The van der Waals surface area contributed by atoms with Gasteiger partial charge in [-0.25, -0.2) is 0 Å². The van der Waals surface area contributed by atoms with Gasteiger partial charge >= 0.3 is 153 Å². The van der Waals surface area contributed by atoms with Gasteiger partial charge in [0.05, 0.1) is 0 Å². The molecule has 0 heterocycles. The Balaban J connectivity index is 2.16. The van der Waals surface area contributed by atoms with Crippen LogP contribution >= 0.6 is 0 Å². The average molecular weight is 381 g/mol. The molecule has 0 bridgehead atoms. The first-order valence-corrected chi connectivity index (χ1v) is 11.0. The molecule has 2 fully saturated rings. The second-order valence-corrected chi connectivity index (χ2v) is 13.7. The maximum atomic E-state index is 13.2. The van der Waals surface area contributed by atoms with E-state index in [-0.39, 0.29) is 37.1 Å². The molecule has 0 N–H and O–H groups in total. The zero-order valence-corrected chi connectivity index (χ0v) is 18.1. The Hall–Kier alpha value is -0.0235. The molecule has 0 aromatic rings. The molecule has 0 unspecified atom stereocenters. The van der Waals surface area contributed by atoms with Crippen molar-refractivity contribution in [2.45, 2.75) is 98.8 Å². The van der Waals surface area contributed by atoms with E-state index in [1.165, 1.54) is 0 Å². The van der Waals surface area contributed by atoms with Gasteiger partial charge in [0.2, 0.25) is 0 Å². The Morgan fingerprint density at radius 2 is 1.04 bits per heavy atom. The van der Waals surface area contributed by atoms with E-state index in [1.807, 2.05) is 0 Å². The zero-order chi connectivity index (χ0) is 18.6. The number of hydrogen-bond acceptors (Lipinski definition) is 2. The predicted octanol–water partition coefficient (Wildman–Crippen LogP) is 6.35. The van der Waals surface area contributed by atoms with Crippen LogP contribution in [0.25, 0.3) is 0 Å². The van der Waals surface area contributed by atoms with Gasteiger partial charge in [-0.2, -0.15) is 0 Å². The van der Waals surface area contributed by atoms with Gasteiger partial charge in [0.25, 0.3) is 0 Å². The van der Waals surface area contributed by atoms with Gasteiger partial charge in [-0.3, -0.25) is 0 Å². The number of rotatable bonds is 3. The molecule has 0 atom stereocenters. The van der Waals surface area contributed by atoms with Gasteiger partial charge in [-0.15, -0.1) is 0 Å². The topological polar surface area (TPSA) is 34.1 Å². The van der Waals surface area contributed by atoms with E-state index < -0.39 is 13.6 Å². The van der Waals surface area contributed by atoms with Crippen LogP contribution in [0.2, 0.25) is 4.85 Å². The average Bonchev–Trinajstić information content (AvgIpc) is 2.29. The van der Waals surface area contributed by atoms with Crippen molar-refractivity contribution in [2.24, 2.45) is 27.6 Å². The molecular formula is C21H38CoO2. The summed E-state index contributed by atoms with van der Waals surface area (Å²) in [4.78, 5) is 13.2. The number of hydrogen-bond donors (Lipinski definition) is 0. The van der Waals surface area contributed by atoms with E-state index in [0.717, 1.165) is 38.5 Å². The first-order valence-electron chi connectivity index (χ1n) is 9.45. The molecule has 0 amide bonds. The van der Waals surface area contributed by atoms with Crippen molar-refractivity contribution in [2.75, 3.05) is 0 Å². The summed E-state index contributed by atoms with van der Waals surface area (Å²) >= 11 is -1.74. The van der Waals surface area contributed by atoms with Crippen molar-refractivity contribution in [1.82, 2.24) is 0 Å². The van der Waals surface area contributed by atoms with E-state index in [9.17, 15) is 8.66 Å². The standard InChI is InChI=1S/C11H19O.C10H19.Co.O/c1-10(2)5-9(7-12)6-11(3,4)8-10;1-9(2)6-5-7-10(3,4)8-9;;/h9H,5-6,8H2,1-4H3;5H,6-8H2,1-4H3;;. The fourth-order valence-corrected chi connectivity index (χ4v) is 8.64. The van der Waals surface area contributed by atoms with Gasteiger partial charge in [-0.1, -0.05) is 0 Å². The van der Waals surface area contributed by atoms with Gasteiger partial charge in [0.15, 0.2) is 0 Å². The van der Waals surface area contributed by atoms with E-state index in [2.05, 4.69) is 55.4 Å². The molecule has 0 aromatic heterocycles. The SMILES string of the molecule is CC1(C)CC([C](=O)[Co](=[O])[CH]2CC(C)(C)CC(C)(C)C2)CC(C)(C)C1. The summed E-state index contributed by atoms with van der Waals surface area (Å²) in [6, 6.07) is 0. The summed E-state index contributed by atoms with van der Waals surface area (Å²) in [6.45, 7) is 18.1. The van der Waals surface area contributed by atoms with Gasteiger partial charge in [0.1, 0.15) is 0 Å². The molecule has 0 spiro atoms. The van der Waals surface area contributed by atoms with Crippen LogP contribution in [0.3, 0.4) is 0 Å². The van der Waals surface area contributed by atoms with Crippen LogP contribution in [0.4, 0.5) is 0 Å². The first-order chi connectivity index (χ1) is 10.6. The Labute approximate surface area is 153 Å². The van der Waals surface area contributed by atoms with Crippen molar-refractivity contribution in [3.63, 3.8) is 0 Å².